The number of anilines is 1. The van der Waals surface area contributed by atoms with Crippen molar-refractivity contribution in [3.8, 4) is 5.75 Å². The fraction of sp³-hybridized carbons (Fsp3) is 0.120. The molecule has 0 fully saturated rings. The van der Waals surface area contributed by atoms with Crippen molar-refractivity contribution in [3.63, 3.8) is 0 Å². The lowest BCUT2D eigenvalue weighted by Crippen LogP contribution is -2.45. The lowest BCUT2D eigenvalue weighted by Gasteiger charge is -2.31. The lowest BCUT2D eigenvalue weighted by atomic mass is 9.94. The first-order valence-corrected chi connectivity index (χ1v) is 11.4. The molecule has 1 atom stereocenters. The summed E-state index contributed by atoms with van der Waals surface area (Å²) in [5.41, 5.74) is 3.32. The zero-order chi connectivity index (χ0) is 23.4. The van der Waals surface area contributed by atoms with Crippen molar-refractivity contribution >= 4 is 52.1 Å². The van der Waals surface area contributed by atoms with Crippen molar-refractivity contribution < 1.29 is 9.53 Å². The number of thiocarbonyl (C=S) groups is 1. The van der Waals surface area contributed by atoms with Crippen LogP contribution in [-0.4, -0.2) is 11.0 Å². The predicted octanol–water partition coefficient (Wildman–Crippen LogP) is 6.00. The number of ether oxygens (including phenoxy) is 1. The molecule has 5 nitrogen and oxygen atoms in total. The Morgan fingerprint density at radius 3 is 2.55 bits per heavy atom. The van der Waals surface area contributed by atoms with Gasteiger partial charge in [0.1, 0.15) is 12.4 Å². The largest absolute Gasteiger partial charge is 0.489 e. The molecular weight excluding hydrogens is 477 g/mol. The predicted molar refractivity (Wildman–Crippen MR) is 137 cm³/mol. The SMILES string of the molecule is CC1=C(C(=O)Nc2ccccc2Cl)C(c2cc(Cl)ccc2OCc2ccccc2)NC(=S)N1. The van der Waals surface area contributed by atoms with Crippen LogP contribution in [0, 0.1) is 0 Å². The van der Waals surface area contributed by atoms with Gasteiger partial charge in [-0.2, -0.15) is 0 Å². The van der Waals surface area contributed by atoms with Crippen molar-refractivity contribution in [2.45, 2.75) is 19.6 Å². The van der Waals surface area contributed by atoms with Crippen LogP contribution in [0.3, 0.4) is 0 Å². The van der Waals surface area contributed by atoms with E-state index in [2.05, 4.69) is 16.0 Å². The van der Waals surface area contributed by atoms with Gasteiger partial charge in [-0.05, 0) is 55.0 Å². The Labute approximate surface area is 207 Å². The summed E-state index contributed by atoms with van der Waals surface area (Å²) < 4.78 is 6.13. The standard InChI is InChI=1S/C25H21Cl2N3O2S/c1-15-22(24(31)29-20-10-6-5-9-19(20)27)23(30-25(33)28-15)18-13-17(26)11-12-21(18)32-14-16-7-3-2-4-8-16/h2-13,23H,14H2,1H3,(H,29,31)(H2,28,30,33). The molecule has 1 amide bonds. The molecule has 3 aromatic carbocycles. The highest BCUT2D eigenvalue weighted by Crippen LogP contribution is 2.36. The number of halogens is 2. The summed E-state index contributed by atoms with van der Waals surface area (Å²) >= 11 is 18.0. The topological polar surface area (TPSA) is 62.4 Å². The van der Waals surface area contributed by atoms with Gasteiger partial charge < -0.3 is 20.7 Å². The molecule has 0 bridgehead atoms. The number of carbonyl (C=O) groups is 1. The fourth-order valence-electron chi connectivity index (χ4n) is 3.59. The van der Waals surface area contributed by atoms with E-state index in [1.54, 1.807) is 49.4 Å². The summed E-state index contributed by atoms with van der Waals surface area (Å²) in [6.45, 7) is 2.17. The van der Waals surface area contributed by atoms with Gasteiger partial charge in [0.2, 0.25) is 0 Å². The smallest absolute Gasteiger partial charge is 0.255 e. The molecule has 0 radical (unpaired) electrons. The average Bonchev–Trinajstić information content (AvgIpc) is 2.80. The van der Waals surface area contributed by atoms with Crippen LogP contribution in [0.2, 0.25) is 10.0 Å². The molecule has 33 heavy (non-hydrogen) atoms. The van der Waals surface area contributed by atoms with E-state index in [1.807, 2.05) is 30.3 Å². The molecule has 3 aromatic rings. The average molecular weight is 498 g/mol. The molecule has 0 aliphatic carbocycles. The first-order chi connectivity index (χ1) is 15.9. The Hall–Kier alpha value is -3.06. The Balaban J connectivity index is 1.69. The first kappa shape index (κ1) is 23.1. The number of benzene rings is 3. The van der Waals surface area contributed by atoms with Crippen LogP contribution in [0.5, 0.6) is 5.75 Å². The summed E-state index contributed by atoms with van der Waals surface area (Å²) in [7, 11) is 0. The van der Waals surface area contributed by atoms with Crippen LogP contribution >= 0.6 is 35.4 Å². The Morgan fingerprint density at radius 2 is 1.79 bits per heavy atom. The number of hydrogen-bond acceptors (Lipinski definition) is 3. The minimum atomic E-state index is -0.578. The lowest BCUT2D eigenvalue weighted by molar-refractivity contribution is -0.113. The normalized spacial score (nSPS) is 15.5. The number of rotatable bonds is 6. The van der Waals surface area contributed by atoms with E-state index in [0.717, 1.165) is 5.56 Å². The number of nitrogens with one attached hydrogen (secondary N) is 3. The van der Waals surface area contributed by atoms with E-state index >= 15 is 0 Å². The van der Waals surface area contributed by atoms with Crippen LogP contribution in [0.1, 0.15) is 24.1 Å². The maximum atomic E-state index is 13.4. The van der Waals surface area contributed by atoms with Gasteiger partial charge in [0.05, 0.1) is 22.3 Å². The highest BCUT2D eigenvalue weighted by Gasteiger charge is 2.32. The van der Waals surface area contributed by atoms with Gasteiger partial charge in [0.25, 0.3) is 5.91 Å². The summed E-state index contributed by atoms with van der Waals surface area (Å²) in [5.74, 6) is 0.281. The van der Waals surface area contributed by atoms with Gasteiger partial charge in [0.15, 0.2) is 5.11 Å². The second-order valence-electron chi connectivity index (χ2n) is 7.46. The summed E-state index contributed by atoms with van der Waals surface area (Å²) in [6, 6.07) is 21.7. The third kappa shape index (κ3) is 5.47. The third-order valence-corrected chi connectivity index (χ3v) is 5.94. The molecule has 0 saturated heterocycles. The Bertz CT molecular complexity index is 1230. The molecule has 1 heterocycles. The van der Waals surface area contributed by atoms with Crippen molar-refractivity contribution in [1.82, 2.24) is 10.6 Å². The van der Waals surface area contributed by atoms with E-state index in [0.29, 0.717) is 50.0 Å². The zero-order valence-electron chi connectivity index (χ0n) is 17.7. The van der Waals surface area contributed by atoms with Crippen molar-refractivity contribution in [3.05, 3.63) is 105 Å². The summed E-state index contributed by atoms with van der Waals surface area (Å²) in [6.07, 6.45) is 0. The molecule has 0 saturated carbocycles. The van der Waals surface area contributed by atoms with Crippen molar-refractivity contribution in [2.24, 2.45) is 0 Å². The molecular formula is C25H21Cl2N3O2S. The highest BCUT2D eigenvalue weighted by molar-refractivity contribution is 7.80. The van der Waals surface area contributed by atoms with Crippen molar-refractivity contribution in [1.29, 1.82) is 0 Å². The second-order valence-corrected chi connectivity index (χ2v) is 8.71. The van der Waals surface area contributed by atoms with Gasteiger partial charge in [-0.15, -0.1) is 0 Å². The number of hydrogen-bond donors (Lipinski definition) is 3. The number of carbonyl (C=O) groups excluding carboxylic acids is 1. The summed E-state index contributed by atoms with van der Waals surface area (Å²) in [4.78, 5) is 13.4. The minimum absolute atomic E-state index is 0.318. The Kier molecular flexibility index (Phi) is 7.18. The maximum Gasteiger partial charge on any atom is 0.255 e. The molecule has 8 heteroatoms. The Morgan fingerprint density at radius 1 is 1.06 bits per heavy atom. The molecule has 1 unspecified atom stereocenters. The van der Waals surface area contributed by atoms with Crippen LogP contribution in [0.25, 0.3) is 0 Å². The quantitative estimate of drug-likeness (QED) is 0.364. The van der Waals surface area contributed by atoms with Crippen LogP contribution < -0.4 is 20.7 Å². The molecule has 168 valence electrons. The van der Waals surface area contributed by atoms with Crippen LogP contribution in [0.15, 0.2) is 84.1 Å². The van der Waals surface area contributed by atoms with Crippen molar-refractivity contribution in [2.75, 3.05) is 5.32 Å². The number of amides is 1. The van der Waals surface area contributed by atoms with E-state index < -0.39 is 6.04 Å². The zero-order valence-corrected chi connectivity index (χ0v) is 20.0. The number of para-hydroxylation sites is 1. The summed E-state index contributed by atoms with van der Waals surface area (Å²) in [5, 5.41) is 10.5. The number of allylic oxidation sites excluding steroid dienone is 1. The maximum absolute atomic E-state index is 13.4. The molecule has 0 spiro atoms. The van der Waals surface area contributed by atoms with Gasteiger partial charge >= 0.3 is 0 Å². The molecule has 0 aromatic heterocycles. The third-order valence-electron chi connectivity index (χ3n) is 5.16. The van der Waals surface area contributed by atoms with E-state index in [4.69, 9.17) is 40.2 Å². The van der Waals surface area contributed by atoms with E-state index in [9.17, 15) is 4.79 Å². The first-order valence-electron chi connectivity index (χ1n) is 10.2. The molecule has 1 aliphatic heterocycles. The second kappa shape index (κ2) is 10.3. The van der Waals surface area contributed by atoms with E-state index in [-0.39, 0.29) is 5.91 Å². The monoisotopic (exact) mass is 497 g/mol. The molecule has 1 aliphatic rings. The van der Waals surface area contributed by atoms with Crippen LogP contribution in [0.4, 0.5) is 5.69 Å². The molecule has 4 rings (SSSR count). The van der Waals surface area contributed by atoms with E-state index in [1.165, 1.54) is 0 Å². The van der Waals surface area contributed by atoms with Gasteiger partial charge in [-0.1, -0.05) is 65.7 Å². The van der Waals surface area contributed by atoms with Crippen LogP contribution in [-0.2, 0) is 11.4 Å². The fourth-order valence-corrected chi connectivity index (χ4v) is 4.23. The van der Waals surface area contributed by atoms with Gasteiger partial charge in [-0.3, -0.25) is 4.79 Å². The molecule has 3 N–H and O–H groups in total. The van der Waals surface area contributed by atoms with Gasteiger partial charge in [-0.25, -0.2) is 0 Å². The van der Waals surface area contributed by atoms with Gasteiger partial charge in [0, 0.05) is 16.3 Å². The highest BCUT2D eigenvalue weighted by atomic mass is 35.5. The minimum Gasteiger partial charge on any atom is -0.489 e.